The highest BCUT2D eigenvalue weighted by Gasteiger charge is 2.28. The summed E-state index contributed by atoms with van der Waals surface area (Å²) in [7, 11) is 1.40. The SMILES string of the molecule is COC(=O)C(C)C(C)NC1CCCCC1O. The fraction of sp³-hybridized carbons (Fsp3) is 0.917. The number of rotatable bonds is 4. The zero-order valence-corrected chi connectivity index (χ0v) is 10.4. The molecule has 0 saturated heterocycles. The lowest BCUT2D eigenvalue weighted by Gasteiger charge is -2.32. The molecule has 0 heterocycles. The van der Waals surface area contributed by atoms with Crippen molar-refractivity contribution in [1.82, 2.24) is 5.32 Å². The zero-order valence-electron chi connectivity index (χ0n) is 10.4. The van der Waals surface area contributed by atoms with Crippen molar-refractivity contribution in [3.8, 4) is 0 Å². The van der Waals surface area contributed by atoms with Crippen LogP contribution >= 0.6 is 0 Å². The van der Waals surface area contributed by atoms with E-state index in [0.29, 0.717) is 0 Å². The second-order valence-electron chi connectivity index (χ2n) is 4.73. The summed E-state index contributed by atoms with van der Waals surface area (Å²) in [5.41, 5.74) is 0. The van der Waals surface area contributed by atoms with Crippen LogP contribution in [0, 0.1) is 5.92 Å². The van der Waals surface area contributed by atoms with Crippen molar-refractivity contribution >= 4 is 5.97 Å². The molecular weight excluding hydrogens is 206 g/mol. The Balaban J connectivity index is 2.43. The first-order valence-electron chi connectivity index (χ1n) is 6.08. The van der Waals surface area contributed by atoms with Gasteiger partial charge in [-0.05, 0) is 19.8 Å². The lowest BCUT2D eigenvalue weighted by Crippen LogP contribution is -2.49. The van der Waals surface area contributed by atoms with Gasteiger partial charge < -0.3 is 15.2 Å². The van der Waals surface area contributed by atoms with Gasteiger partial charge in [-0.15, -0.1) is 0 Å². The maximum Gasteiger partial charge on any atom is 0.309 e. The van der Waals surface area contributed by atoms with Gasteiger partial charge in [0, 0.05) is 12.1 Å². The molecule has 1 rings (SSSR count). The van der Waals surface area contributed by atoms with E-state index in [2.05, 4.69) is 5.32 Å². The van der Waals surface area contributed by atoms with Crippen LogP contribution in [0.15, 0.2) is 0 Å². The van der Waals surface area contributed by atoms with Crippen molar-refractivity contribution in [2.24, 2.45) is 5.92 Å². The number of aliphatic hydroxyl groups excluding tert-OH is 1. The van der Waals surface area contributed by atoms with E-state index < -0.39 is 0 Å². The van der Waals surface area contributed by atoms with Gasteiger partial charge in [0.25, 0.3) is 0 Å². The minimum atomic E-state index is -0.277. The highest BCUT2D eigenvalue weighted by Crippen LogP contribution is 2.19. The van der Waals surface area contributed by atoms with Crippen LogP contribution in [-0.4, -0.2) is 36.4 Å². The summed E-state index contributed by atoms with van der Waals surface area (Å²) >= 11 is 0. The maximum absolute atomic E-state index is 11.4. The van der Waals surface area contributed by atoms with E-state index in [1.807, 2.05) is 13.8 Å². The molecule has 0 spiro atoms. The highest BCUT2D eigenvalue weighted by molar-refractivity contribution is 5.72. The first-order chi connectivity index (χ1) is 7.56. The number of ether oxygens (including phenoxy) is 1. The zero-order chi connectivity index (χ0) is 12.1. The smallest absolute Gasteiger partial charge is 0.309 e. The first-order valence-corrected chi connectivity index (χ1v) is 6.08. The van der Waals surface area contributed by atoms with E-state index in [1.54, 1.807) is 0 Å². The third-order valence-electron chi connectivity index (χ3n) is 3.53. The molecule has 4 nitrogen and oxygen atoms in total. The van der Waals surface area contributed by atoms with Gasteiger partial charge in [-0.1, -0.05) is 19.8 Å². The van der Waals surface area contributed by atoms with E-state index >= 15 is 0 Å². The molecule has 0 aromatic carbocycles. The summed E-state index contributed by atoms with van der Waals surface area (Å²) in [4.78, 5) is 11.4. The van der Waals surface area contributed by atoms with Crippen molar-refractivity contribution in [1.29, 1.82) is 0 Å². The fourth-order valence-electron chi connectivity index (χ4n) is 2.18. The summed E-state index contributed by atoms with van der Waals surface area (Å²) in [6.45, 7) is 3.81. The molecule has 1 aliphatic rings. The molecule has 1 saturated carbocycles. The Morgan fingerprint density at radius 3 is 2.56 bits per heavy atom. The highest BCUT2D eigenvalue weighted by atomic mass is 16.5. The Bertz CT molecular complexity index is 232. The van der Waals surface area contributed by atoms with Crippen LogP contribution in [0.2, 0.25) is 0 Å². The summed E-state index contributed by atoms with van der Waals surface area (Å²) in [6.07, 6.45) is 3.81. The van der Waals surface area contributed by atoms with Crippen LogP contribution in [0.3, 0.4) is 0 Å². The largest absolute Gasteiger partial charge is 0.469 e. The van der Waals surface area contributed by atoms with Gasteiger partial charge in [-0.2, -0.15) is 0 Å². The first kappa shape index (κ1) is 13.5. The van der Waals surface area contributed by atoms with E-state index in [4.69, 9.17) is 4.74 Å². The van der Waals surface area contributed by atoms with Gasteiger partial charge in [0.2, 0.25) is 0 Å². The van der Waals surface area contributed by atoms with Crippen LogP contribution in [0.25, 0.3) is 0 Å². The molecule has 4 unspecified atom stereocenters. The van der Waals surface area contributed by atoms with E-state index in [-0.39, 0.29) is 30.1 Å². The van der Waals surface area contributed by atoms with Crippen LogP contribution < -0.4 is 5.32 Å². The molecular formula is C12H23NO3. The van der Waals surface area contributed by atoms with Crippen molar-refractivity contribution in [3.05, 3.63) is 0 Å². The van der Waals surface area contributed by atoms with Crippen LogP contribution in [0.4, 0.5) is 0 Å². The Morgan fingerprint density at radius 2 is 2.00 bits per heavy atom. The average molecular weight is 229 g/mol. The van der Waals surface area contributed by atoms with Crippen LogP contribution in [0.5, 0.6) is 0 Å². The second kappa shape index (κ2) is 6.21. The number of esters is 1. The molecule has 0 aromatic heterocycles. The number of carbonyl (C=O) groups is 1. The van der Waals surface area contributed by atoms with Crippen LogP contribution in [-0.2, 0) is 9.53 Å². The Morgan fingerprint density at radius 1 is 1.38 bits per heavy atom. The molecule has 0 aromatic rings. The number of methoxy groups -OCH3 is 1. The van der Waals surface area contributed by atoms with Gasteiger partial charge in [0.05, 0.1) is 19.1 Å². The summed E-state index contributed by atoms with van der Waals surface area (Å²) < 4.78 is 4.71. The van der Waals surface area contributed by atoms with E-state index in [9.17, 15) is 9.90 Å². The predicted molar refractivity (Wildman–Crippen MR) is 62.0 cm³/mol. The summed E-state index contributed by atoms with van der Waals surface area (Å²) in [5.74, 6) is -0.385. The third kappa shape index (κ3) is 3.46. The molecule has 0 radical (unpaired) electrons. The standard InChI is InChI=1S/C12H23NO3/c1-8(12(15)16-3)9(2)13-10-6-4-5-7-11(10)14/h8-11,13-14H,4-7H2,1-3H3. The number of hydrogen-bond donors (Lipinski definition) is 2. The lowest BCUT2D eigenvalue weighted by atomic mass is 9.91. The Kier molecular flexibility index (Phi) is 5.22. The van der Waals surface area contributed by atoms with Crippen molar-refractivity contribution < 1.29 is 14.6 Å². The third-order valence-corrected chi connectivity index (χ3v) is 3.53. The molecule has 1 fully saturated rings. The second-order valence-corrected chi connectivity index (χ2v) is 4.73. The monoisotopic (exact) mass is 229 g/mol. The number of aliphatic hydroxyl groups is 1. The molecule has 4 atom stereocenters. The molecule has 0 aliphatic heterocycles. The molecule has 16 heavy (non-hydrogen) atoms. The molecule has 94 valence electrons. The minimum absolute atomic E-state index is 0.0326. The summed E-state index contributed by atoms with van der Waals surface area (Å²) in [6, 6.07) is 0.154. The van der Waals surface area contributed by atoms with Crippen molar-refractivity contribution in [2.75, 3.05) is 7.11 Å². The maximum atomic E-state index is 11.4. The fourth-order valence-corrected chi connectivity index (χ4v) is 2.18. The number of hydrogen-bond acceptors (Lipinski definition) is 4. The normalized spacial score (nSPS) is 29.5. The van der Waals surface area contributed by atoms with Gasteiger partial charge >= 0.3 is 5.97 Å². The van der Waals surface area contributed by atoms with Crippen LogP contribution in [0.1, 0.15) is 39.5 Å². The van der Waals surface area contributed by atoms with Crippen molar-refractivity contribution in [2.45, 2.75) is 57.7 Å². The topological polar surface area (TPSA) is 58.6 Å². The van der Waals surface area contributed by atoms with Crippen molar-refractivity contribution in [3.63, 3.8) is 0 Å². The number of carbonyl (C=O) groups excluding carboxylic acids is 1. The Hall–Kier alpha value is -0.610. The summed E-state index contributed by atoms with van der Waals surface area (Å²) in [5, 5.41) is 13.1. The molecule has 1 aliphatic carbocycles. The average Bonchev–Trinajstić information content (AvgIpc) is 2.30. The molecule has 0 bridgehead atoms. The molecule has 2 N–H and O–H groups in total. The molecule has 0 amide bonds. The number of nitrogens with one attached hydrogen (secondary N) is 1. The van der Waals surface area contributed by atoms with E-state index in [0.717, 1.165) is 25.7 Å². The van der Waals surface area contributed by atoms with Gasteiger partial charge in [-0.25, -0.2) is 0 Å². The quantitative estimate of drug-likeness (QED) is 0.708. The van der Waals surface area contributed by atoms with Gasteiger partial charge in [-0.3, -0.25) is 4.79 Å². The van der Waals surface area contributed by atoms with Gasteiger partial charge in [0.1, 0.15) is 0 Å². The minimum Gasteiger partial charge on any atom is -0.469 e. The van der Waals surface area contributed by atoms with Gasteiger partial charge in [0.15, 0.2) is 0 Å². The van der Waals surface area contributed by atoms with E-state index in [1.165, 1.54) is 7.11 Å². The molecule has 4 heteroatoms. The predicted octanol–water partition coefficient (Wildman–Crippen LogP) is 1.08. The Labute approximate surface area is 97.4 Å². The lowest BCUT2D eigenvalue weighted by molar-refractivity contribution is -0.145.